The standard InChI is InChI=1S/C17H18F3NO3/c1-2-24-17(23)14-4-3-5-21(14)16(22)11-8-10(11)9-6-12(18)15(20)13(19)7-9/h6-7,10-11,14H,2-5,8H2,1H3/t10-,11-,14+/m0/s1. The van der Waals surface area contributed by atoms with Gasteiger partial charge in [-0.15, -0.1) is 0 Å². The Bertz CT molecular complexity index is 656. The third kappa shape index (κ3) is 2.99. The van der Waals surface area contributed by atoms with E-state index in [2.05, 4.69) is 0 Å². The first kappa shape index (κ1) is 16.8. The van der Waals surface area contributed by atoms with Gasteiger partial charge in [-0.1, -0.05) is 0 Å². The lowest BCUT2D eigenvalue weighted by Crippen LogP contribution is -2.42. The van der Waals surface area contributed by atoms with E-state index >= 15 is 0 Å². The number of hydrogen-bond acceptors (Lipinski definition) is 3. The second-order valence-corrected chi connectivity index (χ2v) is 6.19. The highest BCUT2D eigenvalue weighted by Gasteiger charge is 2.49. The van der Waals surface area contributed by atoms with Crippen LogP contribution in [0.2, 0.25) is 0 Å². The largest absolute Gasteiger partial charge is 0.464 e. The van der Waals surface area contributed by atoms with E-state index in [1.165, 1.54) is 4.90 Å². The number of ether oxygens (including phenoxy) is 1. The third-order valence-electron chi connectivity index (χ3n) is 4.64. The number of hydrogen-bond donors (Lipinski definition) is 0. The molecule has 3 rings (SSSR count). The van der Waals surface area contributed by atoms with Crippen molar-refractivity contribution in [2.24, 2.45) is 5.92 Å². The van der Waals surface area contributed by atoms with Crippen molar-refractivity contribution < 1.29 is 27.5 Å². The molecule has 1 aliphatic heterocycles. The normalized spacial score (nSPS) is 25.7. The first-order valence-corrected chi connectivity index (χ1v) is 8.05. The zero-order valence-electron chi connectivity index (χ0n) is 13.2. The minimum Gasteiger partial charge on any atom is -0.464 e. The topological polar surface area (TPSA) is 46.6 Å². The summed E-state index contributed by atoms with van der Waals surface area (Å²) in [6, 6.07) is 1.28. The summed E-state index contributed by atoms with van der Waals surface area (Å²) in [7, 11) is 0. The van der Waals surface area contributed by atoms with Crippen molar-refractivity contribution in [3.63, 3.8) is 0 Å². The number of esters is 1. The van der Waals surface area contributed by atoms with Crippen LogP contribution in [0.25, 0.3) is 0 Å². The molecule has 0 spiro atoms. The van der Waals surface area contributed by atoms with E-state index in [9.17, 15) is 22.8 Å². The maximum absolute atomic E-state index is 13.3. The fraction of sp³-hybridized carbons (Fsp3) is 0.529. The first-order valence-electron chi connectivity index (χ1n) is 8.05. The van der Waals surface area contributed by atoms with Gasteiger partial charge in [0.15, 0.2) is 17.5 Å². The van der Waals surface area contributed by atoms with E-state index in [0.717, 1.165) is 12.1 Å². The highest BCUT2D eigenvalue weighted by atomic mass is 19.2. The van der Waals surface area contributed by atoms with Gasteiger partial charge < -0.3 is 9.64 Å². The van der Waals surface area contributed by atoms with E-state index in [4.69, 9.17) is 4.74 Å². The van der Waals surface area contributed by atoms with Gasteiger partial charge in [-0.2, -0.15) is 0 Å². The maximum atomic E-state index is 13.3. The third-order valence-corrected chi connectivity index (χ3v) is 4.64. The molecule has 2 fully saturated rings. The van der Waals surface area contributed by atoms with Gasteiger partial charge in [-0.3, -0.25) is 4.79 Å². The molecule has 0 unspecified atom stereocenters. The van der Waals surface area contributed by atoms with Crippen molar-refractivity contribution in [1.82, 2.24) is 4.90 Å². The van der Waals surface area contributed by atoms with Crippen LogP contribution in [-0.4, -0.2) is 36.0 Å². The fourth-order valence-corrected chi connectivity index (χ4v) is 3.35. The van der Waals surface area contributed by atoms with Crippen molar-refractivity contribution in [2.45, 2.75) is 38.1 Å². The Morgan fingerprint density at radius 2 is 1.92 bits per heavy atom. The summed E-state index contributed by atoms with van der Waals surface area (Å²) >= 11 is 0. The summed E-state index contributed by atoms with van der Waals surface area (Å²) in [5, 5.41) is 0. The molecule has 24 heavy (non-hydrogen) atoms. The minimum absolute atomic E-state index is 0.208. The van der Waals surface area contributed by atoms with Crippen molar-refractivity contribution in [3.8, 4) is 0 Å². The van der Waals surface area contributed by atoms with Gasteiger partial charge >= 0.3 is 5.97 Å². The molecule has 1 amide bonds. The summed E-state index contributed by atoms with van der Waals surface area (Å²) in [5.41, 5.74) is 0.275. The quantitative estimate of drug-likeness (QED) is 0.625. The summed E-state index contributed by atoms with van der Waals surface area (Å²) in [6.07, 6.45) is 1.71. The Labute approximate surface area is 137 Å². The van der Waals surface area contributed by atoms with E-state index in [1.807, 2.05) is 0 Å². The molecular formula is C17H18F3NO3. The molecule has 130 valence electrons. The molecule has 1 saturated carbocycles. The lowest BCUT2D eigenvalue weighted by atomic mass is 10.1. The molecule has 7 heteroatoms. The van der Waals surface area contributed by atoms with Gasteiger partial charge in [0, 0.05) is 12.5 Å². The summed E-state index contributed by atoms with van der Waals surface area (Å²) in [5.74, 6) is -5.42. The number of amides is 1. The highest BCUT2D eigenvalue weighted by molar-refractivity contribution is 5.88. The lowest BCUT2D eigenvalue weighted by Gasteiger charge is -2.23. The molecule has 1 saturated heterocycles. The van der Waals surface area contributed by atoms with Crippen LogP contribution in [0, 0.1) is 23.4 Å². The van der Waals surface area contributed by atoms with Crippen LogP contribution >= 0.6 is 0 Å². The Morgan fingerprint density at radius 1 is 1.25 bits per heavy atom. The molecule has 0 N–H and O–H groups in total. The summed E-state index contributed by atoms with van der Waals surface area (Å²) in [6.45, 7) is 2.42. The smallest absolute Gasteiger partial charge is 0.328 e. The van der Waals surface area contributed by atoms with Crippen molar-refractivity contribution >= 4 is 11.9 Å². The van der Waals surface area contributed by atoms with Gasteiger partial charge in [-0.05, 0) is 49.8 Å². The van der Waals surface area contributed by atoms with E-state index in [-0.39, 0.29) is 24.0 Å². The molecular weight excluding hydrogens is 323 g/mol. The predicted octanol–water partition coefficient (Wildman–Crippen LogP) is 2.76. The second kappa shape index (κ2) is 6.45. The monoisotopic (exact) mass is 341 g/mol. The maximum Gasteiger partial charge on any atom is 0.328 e. The molecule has 1 heterocycles. The van der Waals surface area contributed by atoms with Crippen LogP contribution in [0.5, 0.6) is 0 Å². The van der Waals surface area contributed by atoms with Gasteiger partial charge in [-0.25, -0.2) is 18.0 Å². The van der Waals surface area contributed by atoms with E-state index in [0.29, 0.717) is 25.8 Å². The average molecular weight is 341 g/mol. The Morgan fingerprint density at radius 3 is 2.54 bits per heavy atom. The zero-order valence-corrected chi connectivity index (χ0v) is 13.2. The molecule has 2 aliphatic rings. The van der Waals surface area contributed by atoms with E-state index < -0.39 is 35.4 Å². The minimum atomic E-state index is -1.51. The number of benzene rings is 1. The molecule has 0 radical (unpaired) electrons. The average Bonchev–Trinajstić information content (AvgIpc) is 3.19. The lowest BCUT2D eigenvalue weighted by molar-refractivity contribution is -0.153. The zero-order chi connectivity index (χ0) is 17.4. The number of rotatable bonds is 4. The van der Waals surface area contributed by atoms with Gasteiger partial charge in [0.1, 0.15) is 6.04 Å². The van der Waals surface area contributed by atoms with Crippen LogP contribution < -0.4 is 0 Å². The van der Waals surface area contributed by atoms with Crippen molar-refractivity contribution in [2.75, 3.05) is 13.2 Å². The van der Waals surface area contributed by atoms with Crippen LogP contribution in [0.1, 0.15) is 37.7 Å². The van der Waals surface area contributed by atoms with E-state index in [1.54, 1.807) is 6.92 Å². The molecule has 4 nitrogen and oxygen atoms in total. The van der Waals surface area contributed by atoms with Gasteiger partial charge in [0.25, 0.3) is 0 Å². The summed E-state index contributed by atoms with van der Waals surface area (Å²) in [4.78, 5) is 26.0. The van der Waals surface area contributed by atoms with Gasteiger partial charge in [0.05, 0.1) is 6.61 Å². The van der Waals surface area contributed by atoms with Crippen LogP contribution in [0.3, 0.4) is 0 Å². The van der Waals surface area contributed by atoms with Crippen LogP contribution in [-0.2, 0) is 14.3 Å². The fourth-order valence-electron chi connectivity index (χ4n) is 3.35. The SMILES string of the molecule is CCOC(=O)[C@H]1CCCN1C(=O)[C@H]1C[C@H]1c1cc(F)c(F)c(F)c1. The van der Waals surface area contributed by atoms with Gasteiger partial charge in [0.2, 0.25) is 5.91 Å². The Balaban J connectivity index is 1.70. The Hall–Kier alpha value is -2.05. The first-order chi connectivity index (χ1) is 11.4. The van der Waals surface area contributed by atoms with Crippen molar-refractivity contribution in [3.05, 3.63) is 35.1 Å². The molecule has 0 bridgehead atoms. The van der Waals surface area contributed by atoms with Crippen LogP contribution in [0.15, 0.2) is 12.1 Å². The van der Waals surface area contributed by atoms with Crippen LogP contribution in [0.4, 0.5) is 13.2 Å². The molecule has 1 aromatic carbocycles. The highest BCUT2D eigenvalue weighted by Crippen LogP contribution is 2.49. The summed E-state index contributed by atoms with van der Waals surface area (Å²) < 4.78 is 44.7. The molecule has 1 aliphatic carbocycles. The number of nitrogens with zero attached hydrogens (tertiary/aromatic N) is 1. The number of likely N-dealkylation sites (tertiary alicyclic amines) is 1. The predicted molar refractivity (Wildman–Crippen MR) is 78.5 cm³/mol. The molecule has 0 aromatic heterocycles. The number of carbonyl (C=O) groups is 2. The number of carbonyl (C=O) groups excluding carboxylic acids is 2. The Kier molecular flexibility index (Phi) is 4.51. The second-order valence-electron chi connectivity index (χ2n) is 6.19. The molecule has 1 aromatic rings. The molecule has 3 atom stereocenters. The number of halogens is 3. The van der Waals surface area contributed by atoms with Crippen molar-refractivity contribution in [1.29, 1.82) is 0 Å².